The Labute approximate surface area is 149 Å². The Hall–Kier alpha value is -2.04. The zero-order valence-corrected chi connectivity index (χ0v) is 14.6. The topological polar surface area (TPSA) is 33.2 Å². The summed E-state index contributed by atoms with van der Waals surface area (Å²) in [4.78, 5) is 18.8. The first kappa shape index (κ1) is 15.5. The number of aryl methyl sites for hydroxylation is 1. The van der Waals surface area contributed by atoms with E-state index in [-0.39, 0.29) is 11.3 Å². The van der Waals surface area contributed by atoms with Gasteiger partial charge in [0.25, 0.3) is 0 Å². The van der Waals surface area contributed by atoms with Crippen molar-refractivity contribution in [1.29, 1.82) is 0 Å². The van der Waals surface area contributed by atoms with Crippen LogP contribution in [0.1, 0.15) is 16.5 Å². The number of rotatable bonds is 2. The van der Waals surface area contributed by atoms with Gasteiger partial charge in [0.2, 0.25) is 5.91 Å². The maximum absolute atomic E-state index is 12.5. The van der Waals surface area contributed by atoms with E-state index in [1.54, 1.807) is 11.8 Å². The first-order chi connectivity index (χ1) is 11.6. The van der Waals surface area contributed by atoms with Crippen molar-refractivity contribution in [2.75, 3.05) is 10.7 Å². The molecule has 1 aliphatic heterocycles. The highest BCUT2D eigenvalue weighted by atomic mass is 35.5. The van der Waals surface area contributed by atoms with Gasteiger partial charge in [-0.05, 0) is 31.2 Å². The van der Waals surface area contributed by atoms with Crippen LogP contribution in [0.2, 0.25) is 5.15 Å². The lowest BCUT2D eigenvalue weighted by Gasteiger charge is -2.25. The summed E-state index contributed by atoms with van der Waals surface area (Å²) in [5.74, 6) is 0.542. The van der Waals surface area contributed by atoms with E-state index in [0.717, 1.165) is 22.2 Å². The lowest BCUT2D eigenvalue weighted by Crippen LogP contribution is -2.28. The van der Waals surface area contributed by atoms with E-state index in [1.807, 2.05) is 66.4 Å². The Kier molecular flexibility index (Phi) is 3.94. The number of benzene rings is 2. The molecule has 3 nitrogen and oxygen atoms in total. The van der Waals surface area contributed by atoms with E-state index in [1.165, 1.54) is 5.56 Å². The Morgan fingerprint density at radius 3 is 2.71 bits per heavy atom. The van der Waals surface area contributed by atoms with Gasteiger partial charge in [-0.15, -0.1) is 11.8 Å². The van der Waals surface area contributed by atoms with E-state index in [9.17, 15) is 4.79 Å². The van der Waals surface area contributed by atoms with Crippen LogP contribution in [0, 0.1) is 6.92 Å². The standard InChI is InChI=1S/C19H15ClN2OS/c1-12-6-8-14(9-7-12)22-17(23)11-24-19(22)15-10-13-4-2-3-5-16(13)21-18(15)20/h2-10,19H,11H2,1H3. The monoisotopic (exact) mass is 354 g/mol. The molecule has 1 saturated heterocycles. The van der Waals surface area contributed by atoms with Crippen LogP contribution in [-0.2, 0) is 4.79 Å². The van der Waals surface area contributed by atoms with Gasteiger partial charge in [0.15, 0.2) is 0 Å². The van der Waals surface area contributed by atoms with Gasteiger partial charge in [-0.3, -0.25) is 9.69 Å². The van der Waals surface area contributed by atoms with E-state index < -0.39 is 0 Å². The molecule has 1 unspecified atom stereocenters. The highest BCUT2D eigenvalue weighted by Gasteiger charge is 2.35. The number of thioether (sulfide) groups is 1. The zero-order chi connectivity index (χ0) is 16.7. The van der Waals surface area contributed by atoms with Gasteiger partial charge in [-0.1, -0.05) is 47.5 Å². The maximum Gasteiger partial charge on any atom is 0.238 e. The smallest absolute Gasteiger partial charge is 0.238 e. The Morgan fingerprint density at radius 1 is 1.17 bits per heavy atom. The SMILES string of the molecule is Cc1ccc(N2C(=O)CSC2c2cc3ccccc3nc2Cl)cc1. The quantitative estimate of drug-likeness (QED) is 0.609. The third-order valence-electron chi connectivity index (χ3n) is 4.15. The van der Waals surface area contributed by atoms with Crippen molar-refractivity contribution in [1.82, 2.24) is 4.98 Å². The Bertz CT molecular complexity index is 926. The number of halogens is 1. The van der Waals surface area contributed by atoms with E-state index >= 15 is 0 Å². The third-order valence-corrected chi connectivity index (χ3v) is 5.65. The summed E-state index contributed by atoms with van der Waals surface area (Å²) in [6.07, 6.45) is 0. The van der Waals surface area contributed by atoms with Gasteiger partial charge < -0.3 is 0 Å². The predicted octanol–water partition coefficient (Wildman–Crippen LogP) is 4.98. The molecule has 0 aliphatic carbocycles. The number of aromatic nitrogens is 1. The van der Waals surface area contributed by atoms with Gasteiger partial charge in [0, 0.05) is 16.6 Å². The molecule has 0 radical (unpaired) electrons. The molecule has 3 aromatic rings. The molecular weight excluding hydrogens is 340 g/mol. The molecule has 120 valence electrons. The molecule has 1 amide bonds. The van der Waals surface area contributed by atoms with E-state index in [2.05, 4.69) is 4.98 Å². The van der Waals surface area contributed by atoms with Gasteiger partial charge in [0.05, 0.1) is 11.3 Å². The van der Waals surface area contributed by atoms with Crippen molar-refractivity contribution in [2.24, 2.45) is 0 Å². The molecule has 24 heavy (non-hydrogen) atoms. The van der Waals surface area contributed by atoms with Crippen LogP contribution in [0.25, 0.3) is 10.9 Å². The van der Waals surface area contributed by atoms with Gasteiger partial charge in [-0.25, -0.2) is 4.98 Å². The first-order valence-corrected chi connectivity index (χ1v) is 9.12. The number of pyridine rings is 1. The molecule has 1 aromatic heterocycles. The molecule has 1 fully saturated rings. The number of para-hydroxylation sites is 1. The lowest BCUT2D eigenvalue weighted by atomic mass is 10.1. The number of carbonyl (C=O) groups excluding carboxylic acids is 1. The van der Waals surface area contributed by atoms with Gasteiger partial charge in [0.1, 0.15) is 10.5 Å². The third kappa shape index (κ3) is 2.66. The van der Waals surface area contributed by atoms with Crippen LogP contribution in [0.4, 0.5) is 5.69 Å². The summed E-state index contributed by atoms with van der Waals surface area (Å²) in [7, 11) is 0. The Morgan fingerprint density at radius 2 is 1.92 bits per heavy atom. The molecule has 0 N–H and O–H groups in total. The number of anilines is 1. The van der Waals surface area contributed by atoms with Crippen LogP contribution in [0.15, 0.2) is 54.6 Å². The number of fused-ring (bicyclic) bond motifs is 1. The number of nitrogens with zero attached hydrogens (tertiary/aromatic N) is 2. The number of hydrogen-bond acceptors (Lipinski definition) is 3. The van der Waals surface area contributed by atoms with Gasteiger partial charge in [-0.2, -0.15) is 0 Å². The molecule has 1 atom stereocenters. The molecule has 4 rings (SSSR count). The van der Waals surface area contributed by atoms with Crippen molar-refractivity contribution in [3.8, 4) is 0 Å². The fourth-order valence-electron chi connectivity index (χ4n) is 2.92. The van der Waals surface area contributed by atoms with E-state index in [0.29, 0.717) is 10.9 Å². The average molecular weight is 355 g/mol. The summed E-state index contributed by atoms with van der Waals surface area (Å²) in [6.45, 7) is 2.03. The fourth-order valence-corrected chi connectivity index (χ4v) is 4.42. The minimum absolute atomic E-state index is 0.0954. The van der Waals surface area contributed by atoms with Crippen LogP contribution >= 0.6 is 23.4 Å². The highest BCUT2D eigenvalue weighted by molar-refractivity contribution is 8.00. The summed E-state index contributed by atoms with van der Waals surface area (Å²) < 4.78 is 0. The summed E-state index contributed by atoms with van der Waals surface area (Å²) in [6, 6.07) is 17.9. The van der Waals surface area contributed by atoms with Crippen molar-refractivity contribution in [3.63, 3.8) is 0 Å². The molecule has 2 heterocycles. The maximum atomic E-state index is 12.5. The van der Waals surface area contributed by atoms with Crippen LogP contribution < -0.4 is 4.90 Å². The summed E-state index contributed by atoms with van der Waals surface area (Å²) in [5, 5.41) is 1.34. The van der Waals surface area contributed by atoms with E-state index in [4.69, 9.17) is 11.6 Å². The molecule has 0 bridgehead atoms. The zero-order valence-electron chi connectivity index (χ0n) is 13.1. The second kappa shape index (κ2) is 6.11. The lowest BCUT2D eigenvalue weighted by molar-refractivity contribution is -0.115. The van der Waals surface area contributed by atoms with Crippen molar-refractivity contribution in [2.45, 2.75) is 12.3 Å². The second-order valence-corrected chi connectivity index (χ2v) is 7.25. The first-order valence-electron chi connectivity index (χ1n) is 7.69. The molecule has 5 heteroatoms. The predicted molar refractivity (Wildman–Crippen MR) is 101 cm³/mol. The summed E-state index contributed by atoms with van der Waals surface area (Å²) in [5.41, 5.74) is 3.80. The fraction of sp³-hybridized carbons (Fsp3) is 0.158. The molecule has 0 spiro atoms. The van der Waals surface area contributed by atoms with Crippen LogP contribution in [0.5, 0.6) is 0 Å². The highest BCUT2D eigenvalue weighted by Crippen LogP contribution is 2.44. The van der Waals surface area contributed by atoms with Crippen molar-refractivity contribution < 1.29 is 4.79 Å². The Balaban J connectivity index is 1.81. The summed E-state index contributed by atoms with van der Waals surface area (Å²) >= 11 is 8.03. The minimum atomic E-state index is -0.148. The van der Waals surface area contributed by atoms with Gasteiger partial charge >= 0.3 is 0 Å². The number of carbonyl (C=O) groups is 1. The van der Waals surface area contributed by atoms with Crippen molar-refractivity contribution in [3.05, 3.63) is 70.9 Å². The molecule has 0 saturated carbocycles. The molecule has 2 aromatic carbocycles. The van der Waals surface area contributed by atoms with Crippen LogP contribution in [0.3, 0.4) is 0 Å². The number of amides is 1. The minimum Gasteiger partial charge on any atom is -0.295 e. The molecule has 1 aliphatic rings. The average Bonchev–Trinajstić information content (AvgIpc) is 2.96. The second-order valence-electron chi connectivity index (χ2n) is 5.82. The normalized spacial score (nSPS) is 17.7. The number of hydrogen-bond donors (Lipinski definition) is 0. The van der Waals surface area contributed by atoms with Crippen LogP contribution in [-0.4, -0.2) is 16.6 Å². The van der Waals surface area contributed by atoms with Crippen molar-refractivity contribution >= 4 is 45.9 Å². The molecular formula is C19H15ClN2OS. The largest absolute Gasteiger partial charge is 0.295 e.